The lowest BCUT2D eigenvalue weighted by Gasteiger charge is -2.11. The average Bonchev–Trinajstić information content (AvgIpc) is 3.41. The molecule has 4 aromatic rings. The standard InChI is InChI=1S/C22H22ClN7OS/c1-14-5-4-6-19(16(14)3)30-22(26-27-28-30)32-13-21(31)25-20-9-10-24-29(20)12-17-8-7-15(2)18(23)11-17/h4-11H,12-13H2,1-3H3,(H,25,31). The summed E-state index contributed by atoms with van der Waals surface area (Å²) in [4.78, 5) is 12.6. The lowest BCUT2D eigenvalue weighted by Crippen LogP contribution is -2.18. The van der Waals surface area contributed by atoms with Crippen LogP contribution in [0.3, 0.4) is 0 Å². The number of benzene rings is 2. The molecule has 0 fully saturated rings. The zero-order valence-corrected chi connectivity index (χ0v) is 19.5. The molecule has 32 heavy (non-hydrogen) atoms. The third kappa shape index (κ3) is 4.84. The quantitative estimate of drug-likeness (QED) is 0.409. The second-order valence-electron chi connectivity index (χ2n) is 7.39. The first-order valence-corrected chi connectivity index (χ1v) is 11.3. The summed E-state index contributed by atoms with van der Waals surface area (Å²) in [7, 11) is 0. The van der Waals surface area contributed by atoms with Crippen molar-refractivity contribution in [3.05, 3.63) is 75.9 Å². The molecule has 2 aromatic carbocycles. The molecular formula is C22H22ClN7OS. The molecule has 0 saturated heterocycles. The Bertz CT molecular complexity index is 1270. The monoisotopic (exact) mass is 467 g/mol. The van der Waals surface area contributed by atoms with Crippen molar-refractivity contribution >= 4 is 35.1 Å². The van der Waals surface area contributed by atoms with Gasteiger partial charge in [0.2, 0.25) is 11.1 Å². The number of thioether (sulfide) groups is 1. The Morgan fingerprint density at radius 1 is 1.12 bits per heavy atom. The van der Waals surface area contributed by atoms with Gasteiger partial charge >= 0.3 is 0 Å². The van der Waals surface area contributed by atoms with E-state index in [4.69, 9.17) is 11.6 Å². The minimum Gasteiger partial charge on any atom is -0.310 e. The number of aromatic nitrogens is 6. The number of nitrogens with zero attached hydrogens (tertiary/aromatic N) is 6. The summed E-state index contributed by atoms with van der Waals surface area (Å²) in [5.74, 6) is 0.600. The zero-order valence-electron chi connectivity index (χ0n) is 17.9. The van der Waals surface area contributed by atoms with Crippen LogP contribution in [0, 0.1) is 20.8 Å². The number of nitrogens with one attached hydrogen (secondary N) is 1. The molecule has 2 aromatic heterocycles. The molecule has 0 aliphatic carbocycles. The molecule has 0 aliphatic heterocycles. The molecular weight excluding hydrogens is 446 g/mol. The summed E-state index contributed by atoms with van der Waals surface area (Å²) in [5.41, 5.74) is 5.15. The van der Waals surface area contributed by atoms with Crippen LogP contribution in [0.5, 0.6) is 0 Å². The topological polar surface area (TPSA) is 90.5 Å². The first kappa shape index (κ1) is 22.0. The van der Waals surface area contributed by atoms with E-state index in [9.17, 15) is 4.79 Å². The van der Waals surface area contributed by atoms with Crippen molar-refractivity contribution in [3.63, 3.8) is 0 Å². The van der Waals surface area contributed by atoms with Gasteiger partial charge in [0, 0.05) is 11.1 Å². The molecule has 0 saturated carbocycles. The number of tetrazole rings is 1. The normalized spacial score (nSPS) is 11.0. The molecule has 1 N–H and O–H groups in total. The molecule has 0 bridgehead atoms. The van der Waals surface area contributed by atoms with E-state index in [1.165, 1.54) is 11.8 Å². The van der Waals surface area contributed by atoms with E-state index in [2.05, 4.69) is 25.9 Å². The van der Waals surface area contributed by atoms with Gasteiger partial charge in [-0.3, -0.25) is 4.79 Å². The smallest absolute Gasteiger partial charge is 0.235 e. The summed E-state index contributed by atoms with van der Waals surface area (Å²) in [6.45, 7) is 6.52. The fourth-order valence-corrected chi connectivity index (χ4v) is 4.05. The molecule has 10 heteroatoms. The van der Waals surface area contributed by atoms with E-state index in [0.29, 0.717) is 22.5 Å². The van der Waals surface area contributed by atoms with Crippen LogP contribution in [0.1, 0.15) is 22.3 Å². The Kier molecular flexibility index (Phi) is 6.57. The van der Waals surface area contributed by atoms with Gasteiger partial charge in [-0.1, -0.05) is 47.6 Å². The molecule has 2 heterocycles. The first-order chi connectivity index (χ1) is 15.4. The number of halogens is 1. The van der Waals surface area contributed by atoms with Gasteiger partial charge in [0.25, 0.3) is 0 Å². The average molecular weight is 468 g/mol. The Hall–Kier alpha value is -3.17. The van der Waals surface area contributed by atoms with E-state index in [1.807, 2.05) is 57.2 Å². The first-order valence-electron chi connectivity index (χ1n) is 9.97. The van der Waals surface area contributed by atoms with E-state index >= 15 is 0 Å². The molecule has 0 spiro atoms. The largest absolute Gasteiger partial charge is 0.310 e. The number of anilines is 1. The van der Waals surface area contributed by atoms with Crippen molar-refractivity contribution in [1.82, 2.24) is 30.0 Å². The van der Waals surface area contributed by atoms with E-state index in [-0.39, 0.29) is 11.7 Å². The van der Waals surface area contributed by atoms with Crippen molar-refractivity contribution in [2.24, 2.45) is 0 Å². The number of carbonyl (C=O) groups is 1. The van der Waals surface area contributed by atoms with Crippen molar-refractivity contribution in [3.8, 4) is 5.69 Å². The molecule has 0 radical (unpaired) electrons. The molecule has 0 atom stereocenters. The lowest BCUT2D eigenvalue weighted by molar-refractivity contribution is -0.113. The highest BCUT2D eigenvalue weighted by Crippen LogP contribution is 2.23. The van der Waals surface area contributed by atoms with Crippen LogP contribution in [-0.2, 0) is 11.3 Å². The van der Waals surface area contributed by atoms with Crippen LogP contribution in [0.2, 0.25) is 5.02 Å². The summed E-state index contributed by atoms with van der Waals surface area (Å²) in [6.07, 6.45) is 1.65. The van der Waals surface area contributed by atoms with Gasteiger partial charge in [-0.05, 0) is 65.6 Å². The van der Waals surface area contributed by atoms with Gasteiger partial charge in [0.15, 0.2) is 0 Å². The highest BCUT2D eigenvalue weighted by molar-refractivity contribution is 7.99. The molecule has 0 unspecified atom stereocenters. The molecule has 1 amide bonds. The van der Waals surface area contributed by atoms with Crippen molar-refractivity contribution in [2.75, 3.05) is 11.1 Å². The second-order valence-corrected chi connectivity index (χ2v) is 8.74. The summed E-state index contributed by atoms with van der Waals surface area (Å²) >= 11 is 7.50. The Labute approximate surface area is 195 Å². The second kappa shape index (κ2) is 9.54. The van der Waals surface area contributed by atoms with Crippen LogP contribution >= 0.6 is 23.4 Å². The highest BCUT2D eigenvalue weighted by atomic mass is 35.5. The summed E-state index contributed by atoms with van der Waals surface area (Å²) in [5, 5.41) is 20.4. The van der Waals surface area contributed by atoms with Gasteiger partial charge in [-0.25, -0.2) is 4.68 Å². The van der Waals surface area contributed by atoms with Crippen LogP contribution in [0.25, 0.3) is 5.69 Å². The van der Waals surface area contributed by atoms with Gasteiger partial charge < -0.3 is 5.32 Å². The Balaban J connectivity index is 1.41. The van der Waals surface area contributed by atoms with Crippen LogP contribution in [-0.4, -0.2) is 41.6 Å². The van der Waals surface area contributed by atoms with Crippen LogP contribution in [0.15, 0.2) is 53.8 Å². The van der Waals surface area contributed by atoms with Gasteiger partial charge in [-0.2, -0.15) is 9.78 Å². The maximum absolute atomic E-state index is 12.6. The highest BCUT2D eigenvalue weighted by Gasteiger charge is 2.15. The summed E-state index contributed by atoms with van der Waals surface area (Å²) in [6, 6.07) is 13.6. The number of hydrogen-bond donors (Lipinski definition) is 1. The molecule has 4 rings (SSSR count). The minimum absolute atomic E-state index is 0.160. The third-order valence-electron chi connectivity index (χ3n) is 5.13. The number of hydrogen-bond acceptors (Lipinski definition) is 6. The number of aryl methyl sites for hydroxylation is 2. The molecule has 0 aliphatic rings. The lowest BCUT2D eigenvalue weighted by atomic mass is 10.1. The third-order valence-corrected chi connectivity index (χ3v) is 6.46. The van der Waals surface area contributed by atoms with E-state index < -0.39 is 0 Å². The SMILES string of the molecule is Cc1ccc(Cn2nccc2NC(=O)CSc2nnnn2-c2cccc(C)c2C)cc1Cl. The maximum atomic E-state index is 12.6. The predicted molar refractivity (Wildman–Crippen MR) is 125 cm³/mol. The number of carbonyl (C=O) groups excluding carboxylic acids is 1. The minimum atomic E-state index is -0.172. The molecule has 8 nitrogen and oxygen atoms in total. The van der Waals surface area contributed by atoms with Gasteiger partial charge in [-0.15, -0.1) is 5.10 Å². The number of amides is 1. The molecule has 164 valence electrons. The summed E-state index contributed by atoms with van der Waals surface area (Å²) < 4.78 is 3.38. The predicted octanol–water partition coefficient (Wildman–Crippen LogP) is 4.22. The Morgan fingerprint density at radius 2 is 1.97 bits per heavy atom. The van der Waals surface area contributed by atoms with Crippen LogP contribution in [0.4, 0.5) is 5.82 Å². The van der Waals surface area contributed by atoms with E-state index in [1.54, 1.807) is 21.6 Å². The van der Waals surface area contributed by atoms with Crippen LogP contribution < -0.4 is 5.32 Å². The van der Waals surface area contributed by atoms with Gasteiger partial charge in [0.05, 0.1) is 24.2 Å². The van der Waals surface area contributed by atoms with Gasteiger partial charge in [0.1, 0.15) is 5.82 Å². The van der Waals surface area contributed by atoms with Crippen molar-refractivity contribution in [1.29, 1.82) is 0 Å². The fraction of sp³-hybridized carbons (Fsp3) is 0.227. The van der Waals surface area contributed by atoms with Crippen molar-refractivity contribution in [2.45, 2.75) is 32.5 Å². The van der Waals surface area contributed by atoms with E-state index in [0.717, 1.165) is 27.9 Å². The van der Waals surface area contributed by atoms with Crippen molar-refractivity contribution < 1.29 is 4.79 Å². The maximum Gasteiger partial charge on any atom is 0.235 e. The number of rotatable bonds is 7. The Morgan fingerprint density at radius 3 is 2.78 bits per heavy atom. The fourth-order valence-electron chi connectivity index (χ4n) is 3.17. The zero-order chi connectivity index (χ0) is 22.7.